The second kappa shape index (κ2) is 8.39. The van der Waals surface area contributed by atoms with Gasteiger partial charge in [-0.2, -0.15) is 0 Å². The lowest BCUT2D eigenvalue weighted by molar-refractivity contribution is -0.113. The smallest absolute Gasteiger partial charge is 0.205 e. The van der Waals surface area contributed by atoms with E-state index in [1.807, 2.05) is 0 Å². The van der Waals surface area contributed by atoms with Crippen LogP contribution in [-0.4, -0.2) is 23.5 Å². The summed E-state index contributed by atoms with van der Waals surface area (Å²) >= 11 is 1.52. The molecule has 0 bridgehead atoms. The summed E-state index contributed by atoms with van der Waals surface area (Å²) in [6.45, 7) is 1.00. The molecule has 0 spiro atoms. The van der Waals surface area contributed by atoms with Crippen molar-refractivity contribution in [2.75, 3.05) is 12.3 Å². The van der Waals surface area contributed by atoms with Crippen molar-refractivity contribution in [1.29, 1.82) is 0 Å². The molecule has 2 rings (SSSR count). The van der Waals surface area contributed by atoms with E-state index in [9.17, 15) is 4.79 Å². The highest BCUT2D eigenvalue weighted by atomic mass is 32.2. The van der Waals surface area contributed by atoms with E-state index in [1.54, 1.807) is 0 Å². The molecule has 1 N–H and O–H groups in total. The van der Waals surface area contributed by atoms with Crippen LogP contribution >= 0.6 is 11.8 Å². The molecule has 0 saturated carbocycles. The van der Waals surface area contributed by atoms with Crippen LogP contribution in [0.5, 0.6) is 0 Å². The fourth-order valence-electron chi connectivity index (χ4n) is 2.40. The third-order valence-corrected chi connectivity index (χ3v) is 4.60. The lowest BCUT2D eigenvalue weighted by atomic mass is 10.1. The zero-order valence-electron chi connectivity index (χ0n) is 11.4. The van der Waals surface area contributed by atoms with Crippen LogP contribution in [0.15, 0.2) is 30.3 Å². The molecule has 0 aliphatic carbocycles. The van der Waals surface area contributed by atoms with Crippen molar-refractivity contribution in [1.82, 2.24) is 5.32 Å². The van der Waals surface area contributed by atoms with Crippen molar-refractivity contribution in [2.45, 2.75) is 44.6 Å². The SMILES string of the molecule is O=C(SCCCCc1ccccc1)C1CCCCN1. The largest absolute Gasteiger partial charge is 0.307 e. The zero-order valence-corrected chi connectivity index (χ0v) is 12.3. The first-order valence-corrected chi connectivity index (χ1v) is 8.29. The fourth-order valence-corrected chi connectivity index (χ4v) is 3.35. The summed E-state index contributed by atoms with van der Waals surface area (Å²) in [5.41, 5.74) is 1.40. The molecule has 0 aromatic heterocycles. The molecule has 1 atom stereocenters. The van der Waals surface area contributed by atoms with Crippen LogP contribution in [-0.2, 0) is 11.2 Å². The lowest BCUT2D eigenvalue weighted by Gasteiger charge is -2.21. The van der Waals surface area contributed by atoms with E-state index in [2.05, 4.69) is 35.6 Å². The number of nitrogens with one attached hydrogen (secondary N) is 1. The maximum atomic E-state index is 11.9. The highest BCUT2D eigenvalue weighted by molar-refractivity contribution is 8.13. The Kier molecular flexibility index (Phi) is 6.45. The summed E-state index contributed by atoms with van der Waals surface area (Å²) in [5, 5.41) is 3.66. The van der Waals surface area contributed by atoms with Crippen LogP contribution in [0.4, 0.5) is 0 Å². The van der Waals surface area contributed by atoms with Crippen LogP contribution < -0.4 is 5.32 Å². The van der Waals surface area contributed by atoms with Gasteiger partial charge in [0.1, 0.15) is 0 Å². The molecule has 0 amide bonds. The second-order valence-electron chi connectivity index (χ2n) is 5.11. The molecule has 1 saturated heterocycles. The second-order valence-corrected chi connectivity index (χ2v) is 6.21. The van der Waals surface area contributed by atoms with Gasteiger partial charge in [0.2, 0.25) is 5.12 Å². The Morgan fingerprint density at radius 1 is 1.21 bits per heavy atom. The summed E-state index contributed by atoms with van der Waals surface area (Å²) in [6.07, 6.45) is 6.84. The number of carbonyl (C=O) groups is 1. The Morgan fingerprint density at radius 3 is 2.79 bits per heavy atom. The van der Waals surface area contributed by atoms with Crippen molar-refractivity contribution in [2.24, 2.45) is 0 Å². The molecule has 1 fully saturated rings. The molecule has 1 aromatic rings. The Labute approximate surface area is 120 Å². The first-order valence-electron chi connectivity index (χ1n) is 7.30. The first-order chi connectivity index (χ1) is 9.36. The van der Waals surface area contributed by atoms with Crippen molar-refractivity contribution in [3.63, 3.8) is 0 Å². The predicted octanol–water partition coefficient (Wildman–Crippen LogP) is 3.41. The average molecular weight is 277 g/mol. The summed E-state index contributed by atoms with van der Waals surface area (Å²) in [7, 11) is 0. The normalized spacial score (nSPS) is 19.3. The summed E-state index contributed by atoms with van der Waals surface area (Å²) in [6, 6.07) is 10.7. The number of benzene rings is 1. The number of hydrogen-bond donors (Lipinski definition) is 1. The van der Waals surface area contributed by atoms with Gasteiger partial charge in [-0.1, -0.05) is 48.5 Å². The summed E-state index contributed by atoms with van der Waals surface area (Å²) in [4.78, 5) is 11.9. The van der Waals surface area contributed by atoms with Crippen LogP contribution in [0.2, 0.25) is 0 Å². The molecular formula is C16H23NOS. The molecule has 1 aromatic carbocycles. The predicted molar refractivity (Wildman–Crippen MR) is 82.5 cm³/mol. The van der Waals surface area contributed by atoms with Gasteiger partial charge in [0.15, 0.2) is 0 Å². The number of hydrogen-bond acceptors (Lipinski definition) is 3. The van der Waals surface area contributed by atoms with E-state index in [1.165, 1.54) is 36.6 Å². The maximum absolute atomic E-state index is 11.9. The minimum absolute atomic E-state index is 0.118. The molecule has 1 heterocycles. The fraction of sp³-hybridized carbons (Fsp3) is 0.562. The van der Waals surface area contributed by atoms with E-state index in [4.69, 9.17) is 0 Å². The molecule has 1 unspecified atom stereocenters. The summed E-state index contributed by atoms with van der Waals surface area (Å²) in [5.74, 6) is 0.962. The lowest BCUT2D eigenvalue weighted by Crippen LogP contribution is -2.39. The average Bonchev–Trinajstić information content (AvgIpc) is 2.49. The van der Waals surface area contributed by atoms with Gasteiger partial charge in [-0.3, -0.25) is 4.79 Å². The molecule has 19 heavy (non-hydrogen) atoms. The highest BCUT2D eigenvalue weighted by Crippen LogP contribution is 2.16. The Morgan fingerprint density at radius 2 is 2.05 bits per heavy atom. The van der Waals surface area contributed by atoms with E-state index >= 15 is 0 Å². The molecule has 1 aliphatic rings. The number of rotatable bonds is 6. The van der Waals surface area contributed by atoms with Crippen LogP contribution in [0.3, 0.4) is 0 Å². The monoisotopic (exact) mass is 277 g/mol. The van der Waals surface area contributed by atoms with Gasteiger partial charge >= 0.3 is 0 Å². The number of thioether (sulfide) groups is 1. The van der Waals surface area contributed by atoms with Gasteiger partial charge in [-0.15, -0.1) is 0 Å². The Hall–Kier alpha value is -0.800. The van der Waals surface area contributed by atoms with Crippen molar-refractivity contribution in [3.05, 3.63) is 35.9 Å². The van der Waals surface area contributed by atoms with E-state index < -0.39 is 0 Å². The van der Waals surface area contributed by atoms with E-state index in [0.717, 1.165) is 31.6 Å². The van der Waals surface area contributed by atoms with Crippen LogP contribution in [0.25, 0.3) is 0 Å². The van der Waals surface area contributed by atoms with Crippen LogP contribution in [0.1, 0.15) is 37.7 Å². The van der Waals surface area contributed by atoms with E-state index in [0.29, 0.717) is 5.12 Å². The minimum Gasteiger partial charge on any atom is -0.307 e. The molecule has 2 nitrogen and oxygen atoms in total. The molecular weight excluding hydrogens is 254 g/mol. The molecule has 104 valence electrons. The molecule has 3 heteroatoms. The van der Waals surface area contributed by atoms with Gasteiger partial charge in [-0.25, -0.2) is 0 Å². The Bertz CT molecular complexity index is 374. The van der Waals surface area contributed by atoms with Crippen molar-refractivity contribution >= 4 is 16.9 Å². The maximum Gasteiger partial charge on any atom is 0.205 e. The highest BCUT2D eigenvalue weighted by Gasteiger charge is 2.20. The number of carbonyl (C=O) groups excluding carboxylic acids is 1. The van der Waals surface area contributed by atoms with Crippen LogP contribution in [0, 0.1) is 0 Å². The number of unbranched alkanes of at least 4 members (excludes halogenated alkanes) is 1. The van der Waals surface area contributed by atoms with Gasteiger partial charge < -0.3 is 5.32 Å². The summed E-state index contributed by atoms with van der Waals surface area (Å²) < 4.78 is 0. The molecule has 1 aliphatic heterocycles. The zero-order chi connectivity index (χ0) is 13.3. The molecule has 0 radical (unpaired) electrons. The van der Waals surface area contributed by atoms with Gasteiger partial charge in [0.05, 0.1) is 6.04 Å². The topological polar surface area (TPSA) is 29.1 Å². The van der Waals surface area contributed by atoms with Gasteiger partial charge in [-0.05, 0) is 44.2 Å². The third kappa shape index (κ3) is 5.37. The third-order valence-electron chi connectivity index (χ3n) is 3.54. The number of piperidine rings is 1. The number of aryl methyl sites for hydroxylation is 1. The van der Waals surface area contributed by atoms with E-state index in [-0.39, 0.29) is 6.04 Å². The van der Waals surface area contributed by atoms with Gasteiger partial charge in [0.25, 0.3) is 0 Å². The standard InChI is InChI=1S/C16H23NOS/c18-16(15-11-4-6-12-17-15)19-13-7-5-10-14-8-2-1-3-9-14/h1-3,8-9,15,17H,4-7,10-13H2. The van der Waals surface area contributed by atoms with Crippen molar-refractivity contribution in [3.8, 4) is 0 Å². The van der Waals surface area contributed by atoms with Crippen molar-refractivity contribution < 1.29 is 4.79 Å². The first kappa shape index (κ1) is 14.6. The van der Waals surface area contributed by atoms with Gasteiger partial charge in [0, 0.05) is 5.75 Å². The minimum atomic E-state index is 0.118. The quantitative estimate of drug-likeness (QED) is 0.808. The Balaban J connectivity index is 1.55.